The fourth-order valence-electron chi connectivity index (χ4n) is 1.94. The predicted octanol–water partition coefficient (Wildman–Crippen LogP) is 0.158. The molecule has 114 valence electrons. The Morgan fingerprint density at radius 3 is 2.90 bits per heavy atom. The highest BCUT2D eigenvalue weighted by molar-refractivity contribution is 5.99. The maximum Gasteiger partial charge on any atom is 0.234 e. The summed E-state index contributed by atoms with van der Waals surface area (Å²) in [6.07, 6.45) is 2.16. The Morgan fingerprint density at radius 1 is 1.52 bits per heavy atom. The van der Waals surface area contributed by atoms with Crippen LogP contribution in [0.1, 0.15) is 24.0 Å². The van der Waals surface area contributed by atoms with Crippen molar-refractivity contribution in [2.45, 2.75) is 25.4 Å². The van der Waals surface area contributed by atoms with Crippen molar-refractivity contribution in [1.29, 1.82) is 0 Å². The maximum atomic E-state index is 11.5. The van der Waals surface area contributed by atoms with Crippen LogP contribution >= 0.6 is 0 Å². The first kappa shape index (κ1) is 15.1. The van der Waals surface area contributed by atoms with Crippen LogP contribution in [0.15, 0.2) is 23.4 Å². The van der Waals surface area contributed by atoms with Crippen molar-refractivity contribution >= 4 is 11.7 Å². The third-order valence-electron chi connectivity index (χ3n) is 3.21. The number of benzene rings is 1. The number of nitrogens with zero attached hydrogens (tertiary/aromatic N) is 1. The topological polar surface area (TPSA) is 109 Å². The van der Waals surface area contributed by atoms with Crippen molar-refractivity contribution in [3.05, 3.63) is 29.3 Å². The molecule has 1 aliphatic rings. The number of hydrogen-bond donors (Lipinski definition) is 4. The molecule has 2 rings (SSSR count). The summed E-state index contributed by atoms with van der Waals surface area (Å²) in [5.74, 6) is 0.528. The van der Waals surface area contributed by atoms with E-state index in [1.165, 1.54) is 7.11 Å². The van der Waals surface area contributed by atoms with Gasteiger partial charge < -0.3 is 26.3 Å². The van der Waals surface area contributed by atoms with Crippen molar-refractivity contribution in [2.24, 2.45) is 10.9 Å². The highest BCUT2D eigenvalue weighted by Gasteiger charge is 2.22. The van der Waals surface area contributed by atoms with E-state index in [0.717, 1.165) is 18.4 Å². The van der Waals surface area contributed by atoms with Gasteiger partial charge in [0.25, 0.3) is 0 Å². The summed E-state index contributed by atoms with van der Waals surface area (Å²) in [4.78, 5) is 11.5. The molecule has 21 heavy (non-hydrogen) atoms. The average Bonchev–Trinajstić information content (AvgIpc) is 3.30. The first-order valence-corrected chi connectivity index (χ1v) is 6.79. The van der Waals surface area contributed by atoms with Crippen molar-refractivity contribution in [3.8, 4) is 5.75 Å². The number of amidine groups is 1. The monoisotopic (exact) mass is 292 g/mol. The van der Waals surface area contributed by atoms with Crippen molar-refractivity contribution in [2.75, 3.05) is 13.7 Å². The van der Waals surface area contributed by atoms with Crippen LogP contribution in [0.5, 0.6) is 5.75 Å². The molecule has 0 aromatic heterocycles. The Morgan fingerprint density at radius 2 is 2.29 bits per heavy atom. The molecule has 0 spiro atoms. The molecule has 0 aliphatic heterocycles. The molecule has 0 bridgehead atoms. The lowest BCUT2D eigenvalue weighted by Crippen LogP contribution is -2.34. The zero-order valence-corrected chi connectivity index (χ0v) is 11.9. The Kier molecular flexibility index (Phi) is 4.99. The second-order valence-corrected chi connectivity index (χ2v) is 4.97. The van der Waals surface area contributed by atoms with E-state index in [-0.39, 0.29) is 18.3 Å². The number of carbonyl (C=O) groups excluding carboxylic acids is 1. The van der Waals surface area contributed by atoms with Gasteiger partial charge in [-0.1, -0.05) is 11.2 Å². The van der Waals surface area contributed by atoms with E-state index in [1.807, 2.05) is 6.07 Å². The van der Waals surface area contributed by atoms with Crippen LogP contribution in [0, 0.1) is 0 Å². The standard InChI is InChI=1S/C14H20N4O3/c1-21-12-6-9(2-5-11(12)14(15)18-20)7-16-8-13(19)17-10-3-4-10/h2,5-6,10,16,20H,3-4,7-8H2,1H3,(H2,15,18)(H,17,19). The van der Waals surface area contributed by atoms with Gasteiger partial charge in [-0.3, -0.25) is 4.79 Å². The first-order chi connectivity index (χ1) is 10.1. The van der Waals surface area contributed by atoms with Crippen molar-refractivity contribution in [1.82, 2.24) is 10.6 Å². The number of methoxy groups -OCH3 is 1. The summed E-state index contributed by atoms with van der Waals surface area (Å²) in [6.45, 7) is 0.811. The van der Waals surface area contributed by atoms with Gasteiger partial charge in [0, 0.05) is 12.6 Å². The quantitative estimate of drug-likeness (QED) is 0.248. The van der Waals surface area contributed by atoms with E-state index in [1.54, 1.807) is 12.1 Å². The number of ether oxygens (including phenoxy) is 1. The van der Waals surface area contributed by atoms with Crippen molar-refractivity contribution < 1.29 is 14.7 Å². The van der Waals surface area contributed by atoms with Gasteiger partial charge in [0.2, 0.25) is 5.91 Å². The van der Waals surface area contributed by atoms with Gasteiger partial charge in [0.15, 0.2) is 5.84 Å². The fraction of sp³-hybridized carbons (Fsp3) is 0.429. The molecule has 7 heteroatoms. The van der Waals surface area contributed by atoms with E-state index in [0.29, 0.717) is 23.9 Å². The highest BCUT2D eigenvalue weighted by atomic mass is 16.5. The average molecular weight is 292 g/mol. The number of amides is 1. The molecule has 1 aromatic rings. The van der Waals surface area contributed by atoms with Gasteiger partial charge in [-0.2, -0.15) is 0 Å². The van der Waals surface area contributed by atoms with Crippen LogP contribution in [0.2, 0.25) is 0 Å². The molecule has 0 atom stereocenters. The third-order valence-corrected chi connectivity index (χ3v) is 3.21. The van der Waals surface area contributed by atoms with Crippen LogP contribution in [0.4, 0.5) is 0 Å². The second-order valence-electron chi connectivity index (χ2n) is 4.97. The molecule has 0 unspecified atom stereocenters. The van der Waals surface area contributed by atoms with Gasteiger partial charge in [-0.25, -0.2) is 0 Å². The van der Waals surface area contributed by atoms with Crippen LogP contribution in [-0.4, -0.2) is 36.6 Å². The molecular formula is C14H20N4O3. The van der Waals surface area contributed by atoms with Gasteiger partial charge >= 0.3 is 0 Å². The molecular weight excluding hydrogens is 272 g/mol. The molecule has 7 nitrogen and oxygen atoms in total. The fourth-order valence-corrected chi connectivity index (χ4v) is 1.94. The van der Waals surface area contributed by atoms with E-state index in [4.69, 9.17) is 15.7 Å². The Labute approximate surface area is 123 Å². The van der Waals surface area contributed by atoms with E-state index >= 15 is 0 Å². The smallest absolute Gasteiger partial charge is 0.234 e. The summed E-state index contributed by atoms with van der Waals surface area (Å²) in [5, 5.41) is 17.6. The molecule has 1 aliphatic carbocycles. The van der Waals surface area contributed by atoms with E-state index in [2.05, 4.69) is 15.8 Å². The number of nitrogens with two attached hydrogens (primary N) is 1. The van der Waals surface area contributed by atoms with E-state index < -0.39 is 0 Å². The minimum atomic E-state index is -0.00447. The van der Waals surface area contributed by atoms with Gasteiger partial charge in [0.05, 0.1) is 19.2 Å². The molecule has 1 amide bonds. The predicted molar refractivity (Wildman–Crippen MR) is 78.4 cm³/mol. The largest absolute Gasteiger partial charge is 0.496 e. The van der Waals surface area contributed by atoms with Gasteiger partial charge in [-0.05, 0) is 30.5 Å². The molecule has 0 saturated heterocycles. The number of nitrogens with one attached hydrogen (secondary N) is 2. The Hall–Kier alpha value is -2.28. The molecule has 0 heterocycles. The number of carbonyl (C=O) groups is 1. The van der Waals surface area contributed by atoms with Crippen LogP contribution < -0.4 is 21.1 Å². The summed E-state index contributed by atoms with van der Waals surface area (Å²) >= 11 is 0. The lowest BCUT2D eigenvalue weighted by molar-refractivity contribution is -0.120. The SMILES string of the molecule is COc1cc(CNCC(=O)NC2CC2)ccc1/C(N)=N/O. The molecule has 5 N–H and O–H groups in total. The number of oxime groups is 1. The Balaban J connectivity index is 1.89. The third kappa shape index (κ3) is 4.35. The molecule has 0 radical (unpaired) electrons. The van der Waals surface area contributed by atoms with E-state index in [9.17, 15) is 4.79 Å². The normalized spacial score (nSPS) is 14.8. The van der Waals surface area contributed by atoms with Crippen LogP contribution in [0.3, 0.4) is 0 Å². The molecule has 1 aromatic carbocycles. The zero-order chi connectivity index (χ0) is 15.2. The summed E-state index contributed by atoms with van der Waals surface area (Å²) in [7, 11) is 1.52. The number of hydrogen-bond acceptors (Lipinski definition) is 5. The number of rotatable bonds is 7. The minimum absolute atomic E-state index is 0.00447. The highest BCUT2D eigenvalue weighted by Crippen LogP contribution is 2.20. The second kappa shape index (κ2) is 6.94. The summed E-state index contributed by atoms with van der Waals surface area (Å²) in [6, 6.07) is 5.72. The lowest BCUT2D eigenvalue weighted by Gasteiger charge is -2.10. The minimum Gasteiger partial charge on any atom is -0.496 e. The molecule has 1 fully saturated rings. The van der Waals surface area contributed by atoms with Crippen LogP contribution in [-0.2, 0) is 11.3 Å². The zero-order valence-electron chi connectivity index (χ0n) is 11.9. The van der Waals surface area contributed by atoms with Crippen LogP contribution in [0.25, 0.3) is 0 Å². The first-order valence-electron chi connectivity index (χ1n) is 6.79. The maximum absolute atomic E-state index is 11.5. The Bertz CT molecular complexity index is 541. The van der Waals surface area contributed by atoms with Gasteiger partial charge in [0.1, 0.15) is 5.75 Å². The summed E-state index contributed by atoms with van der Waals surface area (Å²) in [5.41, 5.74) is 7.03. The molecule has 1 saturated carbocycles. The van der Waals surface area contributed by atoms with Gasteiger partial charge in [-0.15, -0.1) is 0 Å². The van der Waals surface area contributed by atoms with Crippen molar-refractivity contribution in [3.63, 3.8) is 0 Å². The summed E-state index contributed by atoms with van der Waals surface area (Å²) < 4.78 is 5.22. The lowest BCUT2D eigenvalue weighted by atomic mass is 10.1.